The number of nitrogens with one attached hydrogen (secondary N) is 1. The molecule has 29 heavy (non-hydrogen) atoms. The van der Waals surface area contributed by atoms with E-state index in [1.165, 1.54) is 49.9 Å². The van der Waals surface area contributed by atoms with Crippen molar-refractivity contribution >= 4 is 22.0 Å². The minimum absolute atomic E-state index is 0.0431. The molecule has 0 fully saturated rings. The van der Waals surface area contributed by atoms with Crippen LogP contribution in [0, 0.1) is 0 Å². The first kappa shape index (κ1) is 24.9. The Balaban J connectivity index is 2.10. The maximum absolute atomic E-state index is 12.0. The summed E-state index contributed by atoms with van der Waals surface area (Å²) in [5, 5.41) is 12.4. The summed E-state index contributed by atoms with van der Waals surface area (Å²) >= 11 is 0. The van der Waals surface area contributed by atoms with Crippen LogP contribution < -0.4 is 5.32 Å². The number of phenols is 1. The van der Waals surface area contributed by atoms with E-state index in [0.717, 1.165) is 12.8 Å². The van der Waals surface area contributed by atoms with Crippen LogP contribution in [0.25, 0.3) is 0 Å². The molecule has 164 valence electrons. The molecule has 0 aliphatic carbocycles. The summed E-state index contributed by atoms with van der Waals surface area (Å²) in [7, 11) is -4.32. The lowest BCUT2D eigenvalue weighted by Crippen LogP contribution is -2.24. The van der Waals surface area contributed by atoms with E-state index in [-0.39, 0.29) is 12.3 Å². The Morgan fingerprint density at radius 2 is 1.55 bits per heavy atom. The van der Waals surface area contributed by atoms with Crippen LogP contribution in [-0.4, -0.2) is 31.9 Å². The van der Waals surface area contributed by atoms with Gasteiger partial charge in [-0.15, -0.1) is 0 Å². The third-order valence-electron chi connectivity index (χ3n) is 4.47. The van der Waals surface area contributed by atoms with Gasteiger partial charge in [0.25, 0.3) is 0 Å². The predicted octanol–water partition coefficient (Wildman–Crippen LogP) is 4.05. The zero-order chi connectivity index (χ0) is 21.5. The van der Waals surface area contributed by atoms with Crippen molar-refractivity contribution in [2.24, 2.45) is 0 Å². The van der Waals surface area contributed by atoms with E-state index in [0.29, 0.717) is 32.2 Å². The summed E-state index contributed by atoms with van der Waals surface area (Å²) in [5.74, 6) is -1.27. The fourth-order valence-electron chi connectivity index (χ4n) is 2.83. The Morgan fingerprint density at radius 3 is 2.28 bits per heavy atom. The minimum Gasteiger partial charge on any atom is -0.506 e. The number of para-hydroxylation sites is 1. The van der Waals surface area contributed by atoms with E-state index in [1.54, 1.807) is 0 Å². The fraction of sp³-hybridized carbons (Fsp3) is 0.619. The zero-order valence-corrected chi connectivity index (χ0v) is 18.0. The second-order valence-corrected chi connectivity index (χ2v) is 8.57. The topological polar surface area (TPSA) is 110 Å². The van der Waals surface area contributed by atoms with Crippen molar-refractivity contribution in [2.75, 3.05) is 6.54 Å². The number of carbonyl (C=O) groups is 2. The van der Waals surface area contributed by atoms with Crippen LogP contribution in [0.2, 0.25) is 0 Å². The highest BCUT2D eigenvalue weighted by atomic mass is 32.2. The zero-order valence-electron chi connectivity index (χ0n) is 17.2. The summed E-state index contributed by atoms with van der Waals surface area (Å²) in [6.45, 7) is 2.72. The van der Waals surface area contributed by atoms with Crippen molar-refractivity contribution in [2.45, 2.75) is 82.4 Å². The molecule has 0 atom stereocenters. The van der Waals surface area contributed by atoms with Crippen LogP contribution in [0.4, 0.5) is 0 Å². The van der Waals surface area contributed by atoms with E-state index < -0.39 is 26.7 Å². The number of hydrogen-bond donors (Lipinski definition) is 2. The summed E-state index contributed by atoms with van der Waals surface area (Å²) in [6, 6.07) is 5.29. The molecule has 0 unspecified atom stereocenters. The third-order valence-corrected chi connectivity index (χ3v) is 5.76. The largest absolute Gasteiger partial charge is 0.506 e. The number of phenolic OH excluding ortho intramolecular Hbond substituents is 1. The molecule has 2 N–H and O–H groups in total. The van der Waals surface area contributed by atoms with Crippen LogP contribution in [0.5, 0.6) is 5.75 Å². The molecule has 0 aliphatic rings. The van der Waals surface area contributed by atoms with Crippen molar-refractivity contribution in [3.8, 4) is 5.75 Å². The van der Waals surface area contributed by atoms with Crippen molar-refractivity contribution in [1.82, 2.24) is 5.32 Å². The molecule has 0 aromatic heterocycles. The van der Waals surface area contributed by atoms with Gasteiger partial charge in [0.15, 0.2) is 0 Å². The second kappa shape index (κ2) is 14.0. The molecule has 0 bridgehead atoms. The Hall–Kier alpha value is -2.09. The van der Waals surface area contributed by atoms with Gasteiger partial charge in [-0.25, -0.2) is 0 Å². The van der Waals surface area contributed by atoms with Crippen LogP contribution >= 0.6 is 0 Å². The number of carbonyl (C=O) groups excluding carboxylic acids is 2. The molecular weight excluding hydrogens is 394 g/mol. The van der Waals surface area contributed by atoms with Crippen molar-refractivity contribution in [3.63, 3.8) is 0 Å². The first-order chi connectivity index (χ1) is 13.9. The van der Waals surface area contributed by atoms with Crippen molar-refractivity contribution in [1.29, 1.82) is 0 Å². The molecule has 0 saturated heterocycles. The molecule has 0 aliphatic heterocycles. The van der Waals surface area contributed by atoms with E-state index in [2.05, 4.69) is 16.4 Å². The lowest BCUT2D eigenvalue weighted by atomic mass is 10.1. The maximum atomic E-state index is 12.0. The lowest BCUT2D eigenvalue weighted by Gasteiger charge is -2.07. The summed E-state index contributed by atoms with van der Waals surface area (Å²) in [4.78, 5) is 23.0. The molecule has 0 radical (unpaired) electrons. The van der Waals surface area contributed by atoms with Gasteiger partial charge >= 0.3 is 16.1 Å². The van der Waals surface area contributed by atoms with E-state index in [9.17, 15) is 23.1 Å². The number of hydrogen-bond acceptors (Lipinski definition) is 6. The quantitative estimate of drug-likeness (QED) is 0.323. The second-order valence-electron chi connectivity index (χ2n) is 7.06. The first-order valence-corrected chi connectivity index (χ1v) is 11.8. The van der Waals surface area contributed by atoms with Crippen LogP contribution in [0.1, 0.15) is 77.6 Å². The SMILES string of the molecule is CCCCCCCCC(=O)NCCCCCC(=O)OS(=O)(=O)c1ccccc1O. The van der Waals surface area contributed by atoms with Gasteiger partial charge < -0.3 is 14.6 Å². The Labute approximate surface area is 174 Å². The van der Waals surface area contributed by atoms with E-state index >= 15 is 0 Å². The number of unbranched alkanes of at least 4 members (excludes halogenated alkanes) is 7. The third kappa shape index (κ3) is 10.9. The van der Waals surface area contributed by atoms with Gasteiger partial charge in [0.1, 0.15) is 10.6 Å². The van der Waals surface area contributed by atoms with Gasteiger partial charge in [-0.1, -0.05) is 57.6 Å². The Bertz CT molecular complexity index is 732. The molecular formula is C21H33NO6S. The first-order valence-electron chi connectivity index (χ1n) is 10.4. The van der Waals surface area contributed by atoms with E-state index in [1.807, 2.05) is 0 Å². The van der Waals surface area contributed by atoms with Gasteiger partial charge in [-0.3, -0.25) is 9.59 Å². The average Bonchev–Trinajstić information content (AvgIpc) is 2.67. The highest BCUT2D eigenvalue weighted by Crippen LogP contribution is 2.23. The lowest BCUT2D eigenvalue weighted by molar-refractivity contribution is -0.134. The van der Waals surface area contributed by atoms with Gasteiger partial charge in [-0.05, 0) is 31.4 Å². The van der Waals surface area contributed by atoms with Gasteiger partial charge in [-0.2, -0.15) is 8.42 Å². The van der Waals surface area contributed by atoms with Crippen molar-refractivity contribution < 1.29 is 27.3 Å². The molecule has 1 aromatic carbocycles. The Kier molecular flexibility index (Phi) is 12.0. The fourth-order valence-corrected chi connectivity index (χ4v) is 3.82. The molecule has 0 spiro atoms. The normalized spacial score (nSPS) is 11.2. The minimum atomic E-state index is -4.32. The predicted molar refractivity (Wildman–Crippen MR) is 111 cm³/mol. The smallest absolute Gasteiger partial charge is 0.345 e. The number of rotatable bonds is 15. The summed E-state index contributed by atoms with van der Waals surface area (Å²) < 4.78 is 28.5. The molecule has 1 rings (SSSR count). The molecule has 1 aromatic rings. The summed E-state index contributed by atoms with van der Waals surface area (Å²) in [5.41, 5.74) is 0. The van der Waals surface area contributed by atoms with Gasteiger partial charge in [0.05, 0.1) is 0 Å². The van der Waals surface area contributed by atoms with Gasteiger partial charge in [0, 0.05) is 19.4 Å². The van der Waals surface area contributed by atoms with Crippen molar-refractivity contribution in [3.05, 3.63) is 24.3 Å². The molecule has 0 heterocycles. The number of aromatic hydroxyl groups is 1. The molecule has 1 amide bonds. The highest BCUT2D eigenvalue weighted by molar-refractivity contribution is 7.87. The number of benzene rings is 1. The average molecular weight is 428 g/mol. The highest BCUT2D eigenvalue weighted by Gasteiger charge is 2.23. The van der Waals surface area contributed by atoms with E-state index in [4.69, 9.17) is 0 Å². The molecule has 0 saturated carbocycles. The van der Waals surface area contributed by atoms with Crippen LogP contribution in [0.3, 0.4) is 0 Å². The molecule has 8 heteroatoms. The summed E-state index contributed by atoms with van der Waals surface area (Å²) in [6.07, 6.45) is 9.20. The number of amides is 1. The van der Waals surface area contributed by atoms with Crippen LogP contribution in [-0.2, 0) is 23.9 Å². The standard InChI is InChI=1S/C21H33NO6S/c1-2-3-4-5-6-8-15-20(24)22-17-12-7-9-16-21(25)28-29(26,27)19-14-11-10-13-18(19)23/h10-11,13-14,23H,2-9,12,15-17H2,1H3,(H,22,24). The monoisotopic (exact) mass is 427 g/mol. The van der Waals surface area contributed by atoms with Gasteiger partial charge in [0.2, 0.25) is 5.91 Å². The maximum Gasteiger partial charge on any atom is 0.345 e. The van der Waals surface area contributed by atoms with Crippen LogP contribution in [0.15, 0.2) is 29.2 Å². The Morgan fingerprint density at radius 1 is 0.931 bits per heavy atom. The molecule has 7 nitrogen and oxygen atoms in total.